The zero-order chi connectivity index (χ0) is 31.2. The van der Waals surface area contributed by atoms with Gasteiger partial charge in [-0.15, -0.1) is 0 Å². The Balaban J connectivity index is 1.14. The molecule has 0 saturated heterocycles. The third kappa shape index (κ3) is 4.80. The third-order valence-electron chi connectivity index (χ3n) is 8.41. The Labute approximate surface area is 270 Å². The van der Waals surface area contributed by atoms with Gasteiger partial charge in [-0.2, -0.15) is 0 Å². The first-order chi connectivity index (χ1) is 23.3. The summed E-state index contributed by atoms with van der Waals surface area (Å²) in [6, 6.07) is 46.7. The highest BCUT2D eigenvalue weighted by Gasteiger charge is 2.17. The lowest BCUT2D eigenvalue weighted by Crippen LogP contribution is -2.00. The average Bonchev–Trinajstić information content (AvgIpc) is 3.54. The van der Waals surface area contributed by atoms with Crippen molar-refractivity contribution in [2.24, 2.45) is 0 Å². The van der Waals surface area contributed by atoms with Gasteiger partial charge in [0, 0.05) is 51.0 Å². The normalized spacial score (nSPS) is 11.4. The van der Waals surface area contributed by atoms with Crippen molar-refractivity contribution in [2.45, 2.75) is 0 Å². The molecule has 0 atom stereocenters. The molecule has 6 heteroatoms. The first-order valence-electron chi connectivity index (χ1n) is 15.4. The lowest BCUT2D eigenvalue weighted by molar-refractivity contribution is 0.668. The molecule has 47 heavy (non-hydrogen) atoms. The van der Waals surface area contributed by atoms with Crippen LogP contribution in [0, 0.1) is 0 Å². The zero-order valence-electron chi connectivity index (χ0n) is 25.1. The third-order valence-corrected chi connectivity index (χ3v) is 8.41. The van der Waals surface area contributed by atoms with E-state index in [0.717, 1.165) is 71.9 Å². The van der Waals surface area contributed by atoms with Crippen molar-refractivity contribution in [1.82, 2.24) is 24.9 Å². The SMILES string of the molecule is c1ccc(-c2nc(-c3ccccc3)nc(-c3cccc(-c4cnc5c(-c6nccc7oc8ccccc8c67)cccc5c4)c3)n2)cc1. The molecule has 5 aromatic carbocycles. The Morgan fingerprint density at radius 2 is 1.09 bits per heavy atom. The van der Waals surface area contributed by atoms with Crippen LogP contribution >= 0.6 is 0 Å². The van der Waals surface area contributed by atoms with Gasteiger partial charge in [0.25, 0.3) is 0 Å². The number of fused-ring (bicyclic) bond motifs is 4. The molecule has 0 aliphatic rings. The summed E-state index contributed by atoms with van der Waals surface area (Å²) >= 11 is 0. The molecule has 9 aromatic rings. The van der Waals surface area contributed by atoms with Gasteiger partial charge < -0.3 is 4.42 Å². The summed E-state index contributed by atoms with van der Waals surface area (Å²) in [7, 11) is 0. The summed E-state index contributed by atoms with van der Waals surface area (Å²) in [4.78, 5) is 24.5. The maximum atomic E-state index is 6.14. The van der Waals surface area contributed by atoms with Crippen LogP contribution in [0.2, 0.25) is 0 Å². The van der Waals surface area contributed by atoms with Crippen LogP contribution in [0.25, 0.3) is 89.4 Å². The molecule has 0 bridgehead atoms. The minimum Gasteiger partial charge on any atom is -0.456 e. The topological polar surface area (TPSA) is 77.6 Å². The monoisotopic (exact) mass is 603 g/mol. The Morgan fingerprint density at radius 1 is 0.447 bits per heavy atom. The van der Waals surface area contributed by atoms with E-state index in [4.69, 9.17) is 29.3 Å². The molecule has 0 spiro atoms. The van der Waals surface area contributed by atoms with Crippen molar-refractivity contribution < 1.29 is 4.42 Å². The highest BCUT2D eigenvalue weighted by Crippen LogP contribution is 2.38. The van der Waals surface area contributed by atoms with Crippen molar-refractivity contribution >= 4 is 32.8 Å². The second-order valence-corrected chi connectivity index (χ2v) is 11.4. The van der Waals surface area contributed by atoms with Crippen LogP contribution in [0.3, 0.4) is 0 Å². The van der Waals surface area contributed by atoms with Crippen LogP contribution in [0.15, 0.2) is 156 Å². The minimum absolute atomic E-state index is 0.613. The Morgan fingerprint density at radius 3 is 1.85 bits per heavy atom. The van der Waals surface area contributed by atoms with Gasteiger partial charge in [-0.05, 0) is 29.8 Å². The molecular formula is C41H25N5O. The van der Waals surface area contributed by atoms with E-state index in [0.29, 0.717) is 17.5 Å². The Kier molecular flexibility index (Phi) is 6.35. The quantitative estimate of drug-likeness (QED) is 0.195. The van der Waals surface area contributed by atoms with Gasteiger partial charge in [-0.3, -0.25) is 9.97 Å². The molecule has 0 fully saturated rings. The Hall–Kier alpha value is -6.53. The molecule has 4 heterocycles. The first kappa shape index (κ1) is 26.8. The first-order valence-corrected chi connectivity index (χ1v) is 15.4. The number of hydrogen-bond donors (Lipinski definition) is 0. The fraction of sp³-hybridized carbons (Fsp3) is 0. The molecule has 9 rings (SSSR count). The predicted molar refractivity (Wildman–Crippen MR) is 187 cm³/mol. The Bertz CT molecular complexity index is 2520. The molecule has 0 aliphatic carbocycles. The second kappa shape index (κ2) is 11.1. The van der Waals surface area contributed by atoms with Crippen LogP contribution in [-0.2, 0) is 0 Å². The molecular weight excluding hydrogens is 578 g/mol. The smallest absolute Gasteiger partial charge is 0.164 e. The van der Waals surface area contributed by atoms with Gasteiger partial charge in [-0.1, -0.05) is 115 Å². The number of furan rings is 1. The summed E-state index contributed by atoms with van der Waals surface area (Å²) in [5.74, 6) is 1.88. The average molecular weight is 604 g/mol. The van der Waals surface area contributed by atoms with E-state index in [1.165, 1.54) is 0 Å². The number of pyridine rings is 2. The molecule has 220 valence electrons. The molecule has 0 aliphatic heterocycles. The number of benzene rings is 5. The van der Waals surface area contributed by atoms with Gasteiger partial charge >= 0.3 is 0 Å². The number of hydrogen-bond acceptors (Lipinski definition) is 6. The zero-order valence-corrected chi connectivity index (χ0v) is 25.1. The summed E-state index contributed by atoms with van der Waals surface area (Å²) in [6.45, 7) is 0. The van der Waals surface area contributed by atoms with Gasteiger partial charge in [0.1, 0.15) is 11.2 Å². The van der Waals surface area contributed by atoms with Crippen molar-refractivity contribution in [3.05, 3.63) is 152 Å². The summed E-state index contributed by atoms with van der Waals surface area (Å²) < 4.78 is 6.14. The largest absolute Gasteiger partial charge is 0.456 e. The minimum atomic E-state index is 0.613. The van der Waals surface area contributed by atoms with Gasteiger partial charge in [-0.25, -0.2) is 15.0 Å². The van der Waals surface area contributed by atoms with Crippen molar-refractivity contribution in [3.63, 3.8) is 0 Å². The van der Waals surface area contributed by atoms with Crippen molar-refractivity contribution in [1.29, 1.82) is 0 Å². The highest BCUT2D eigenvalue weighted by molar-refractivity contribution is 6.13. The highest BCUT2D eigenvalue weighted by atomic mass is 16.3. The number of para-hydroxylation sites is 2. The van der Waals surface area contributed by atoms with E-state index in [2.05, 4.69) is 42.5 Å². The van der Waals surface area contributed by atoms with E-state index in [1.807, 2.05) is 103 Å². The van der Waals surface area contributed by atoms with Crippen molar-refractivity contribution in [3.8, 4) is 56.5 Å². The molecule has 6 nitrogen and oxygen atoms in total. The van der Waals surface area contributed by atoms with Gasteiger partial charge in [0.2, 0.25) is 0 Å². The van der Waals surface area contributed by atoms with Gasteiger partial charge in [0.05, 0.1) is 16.6 Å². The summed E-state index contributed by atoms with van der Waals surface area (Å²) in [5, 5.41) is 3.06. The molecule has 0 saturated carbocycles. The number of rotatable bonds is 5. The van der Waals surface area contributed by atoms with Crippen LogP contribution in [0.5, 0.6) is 0 Å². The van der Waals surface area contributed by atoms with E-state index in [1.54, 1.807) is 6.20 Å². The molecule has 4 aromatic heterocycles. The van der Waals surface area contributed by atoms with E-state index < -0.39 is 0 Å². The molecule has 0 unspecified atom stereocenters. The second-order valence-electron chi connectivity index (χ2n) is 11.4. The fourth-order valence-electron chi connectivity index (χ4n) is 6.16. The maximum Gasteiger partial charge on any atom is 0.164 e. The standard InChI is InChI=1S/C41H25N5O/c1-3-11-26(12-4-1)39-44-40(27-13-5-2-6-14-27)46-41(45-39)30-17-9-15-28(23-30)31-24-29-16-10-19-33(37(29)43-25-31)38-36-32-18-7-8-20-34(32)47-35(36)21-22-42-38/h1-25H. The van der Waals surface area contributed by atoms with E-state index in [9.17, 15) is 0 Å². The number of nitrogens with zero attached hydrogens (tertiary/aromatic N) is 5. The fourth-order valence-corrected chi connectivity index (χ4v) is 6.16. The summed E-state index contributed by atoms with van der Waals surface area (Å²) in [5.41, 5.74) is 9.16. The lowest BCUT2D eigenvalue weighted by Gasteiger charge is -2.11. The lowest BCUT2D eigenvalue weighted by atomic mass is 9.99. The van der Waals surface area contributed by atoms with Crippen LogP contribution < -0.4 is 0 Å². The molecule has 0 amide bonds. The van der Waals surface area contributed by atoms with E-state index in [-0.39, 0.29) is 0 Å². The van der Waals surface area contributed by atoms with Gasteiger partial charge in [0.15, 0.2) is 17.5 Å². The number of aromatic nitrogens is 5. The van der Waals surface area contributed by atoms with Crippen molar-refractivity contribution in [2.75, 3.05) is 0 Å². The summed E-state index contributed by atoms with van der Waals surface area (Å²) in [6.07, 6.45) is 3.73. The molecule has 0 N–H and O–H groups in total. The van der Waals surface area contributed by atoms with Crippen LogP contribution in [0.4, 0.5) is 0 Å². The molecule has 0 radical (unpaired) electrons. The maximum absolute atomic E-state index is 6.14. The predicted octanol–water partition coefficient (Wildman–Crippen LogP) is 10.0. The van der Waals surface area contributed by atoms with E-state index >= 15 is 0 Å². The van der Waals surface area contributed by atoms with Crippen LogP contribution in [0.1, 0.15) is 0 Å². The van der Waals surface area contributed by atoms with Crippen LogP contribution in [-0.4, -0.2) is 24.9 Å².